The van der Waals surface area contributed by atoms with Crippen molar-refractivity contribution in [2.75, 3.05) is 198 Å². The molecule has 0 aliphatic carbocycles. The Hall–Kier alpha value is -0.960. The monoisotopic (exact) mass is 1250 g/mol. The Labute approximate surface area is 514 Å². The second-order valence-electron chi connectivity index (χ2n) is 20.1. The van der Waals surface area contributed by atoms with Gasteiger partial charge in [-0.3, -0.25) is 0 Å². The average molecular weight is 1250 g/mol. The van der Waals surface area contributed by atoms with Crippen molar-refractivity contribution in [1.29, 1.82) is 0 Å². The Morgan fingerprint density at radius 3 is 0.459 bits per heavy atom. The Morgan fingerprint density at radius 1 is 0.153 bits per heavy atom. The first-order valence-corrected chi connectivity index (χ1v) is 32.0. The van der Waals surface area contributed by atoms with Gasteiger partial charge in [-0.05, 0) is 89.9 Å². The van der Waals surface area contributed by atoms with Gasteiger partial charge in [-0.15, -0.1) is 0 Å². The summed E-state index contributed by atoms with van der Waals surface area (Å²) in [4.78, 5) is 0. The van der Waals surface area contributed by atoms with Gasteiger partial charge in [0.05, 0.1) is 168 Å². The van der Waals surface area contributed by atoms with E-state index in [0.29, 0.717) is 204 Å². The standard InChI is InChI=1S/C20H42O7.C17H36O8.C14H30O5.C10H22O4/c1-3-19(21)17-26-15-7-13-24-11-5-9-23-10-6-12-25-14-8-16-27-18-20(22)4-2;1-3-15(18)11-23-9-7-21-5-6-22-8-10-24-13-17(20)14-25-12-16(19)4-2;1-3-13(15)11-18-9-5-7-17-8-6-10-19-12-14(16)4-2;1-3-9(11)7-13-5-6-14-8-10(12)4-2/h19-22H,3-18H2,1-2H3;15-20H,3-14H2,1-2H3;13-16H,3-12H2,1-2H3;9-12H,3-8H2,1-2H3. The van der Waals surface area contributed by atoms with E-state index in [1.54, 1.807) is 0 Å². The zero-order valence-corrected chi connectivity index (χ0v) is 54.5. The smallest absolute Gasteiger partial charge is 0.101 e. The van der Waals surface area contributed by atoms with E-state index < -0.39 is 18.3 Å². The molecule has 0 aromatic heterocycles. The minimum atomic E-state index is -0.710. The van der Waals surface area contributed by atoms with Gasteiger partial charge in [0.15, 0.2) is 0 Å². The summed E-state index contributed by atoms with van der Waals surface area (Å²) in [5.41, 5.74) is 0. The average Bonchev–Trinajstić information content (AvgIpc) is 3.51. The third-order valence-electron chi connectivity index (χ3n) is 11.8. The second-order valence-corrected chi connectivity index (χ2v) is 20.1. The topological polar surface area (TPSA) is 321 Å². The molecule has 0 rings (SSSR count). The fourth-order valence-corrected chi connectivity index (χ4v) is 5.75. The molecule has 9 unspecified atom stereocenters. The van der Waals surface area contributed by atoms with Gasteiger partial charge in [0.25, 0.3) is 0 Å². The van der Waals surface area contributed by atoms with Gasteiger partial charge in [0, 0.05) is 79.3 Å². The van der Waals surface area contributed by atoms with Gasteiger partial charge in [-0.1, -0.05) is 55.4 Å². The van der Waals surface area contributed by atoms with E-state index in [1.807, 2.05) is 55.4 Å². The molecular weight excluding hydrogens is 1120 g/mol. The molecule has 9 N–H and O–H groups in total. The minimum Gasteiger partial charge on any atom is -0.391 e. The summed E-state index contributed by atoms with van der Waals surface area (Å²) in [7, 11) is 0. The predicted molar refractivity (Wildman–Crippen MR) is 326 cm³/mol. The van der Waals surface area contributed by atoms with Gasteiger partial charge in [-0.2, -0.15) is 0 Å². The molecule has 0 heterocycles. The molecular formula is C61H130O24. The van der Waals surface area contributed by atoms with Gasteiger partial charge in [0.2, 0.25) is 0 Å². The Morgan fingerprint density at radius 2 is 0.271 bits per heavy atom. The highest BCUT2D eigenvalue weighted by atomic mass is 16.6. The molecule has 24 nitrogen and oxygen atoms in total. The summed E-state index contributed by atoms with van der Waals surface area (Å²) < 4.78 is 79.8. The quantitative estimate of drug-likeness (QED) is 0.0388. The van der Waals surface area contributed by atoms with Crippen molar-refractivity contribution in [3.8, 4) is 0 Å². The summed E-state index contributed by atoms with van der Waals surface area (Å²) in [6.07, 6.45) is 6.99. The van der Waals surface area contributed by atoms with Gasteiger partial charge in [-0.25, -0.2) is 0 Å². The SMILES string of the molecule is CCC(O)COCCCOCCCOCC(O)CC.CCC(O)COCCCOCCCOCCCOCCCOCC(O)CC.CCC(O)COCCOCC(O)CC.CCC(O)COCCOCCOCCOCC(O)COCC(O)CC. The maximum Gasteiger partial charge on any atom is 0.101 e. The largest absolute Gasteiger partial charge is 0.391 e. The number of hydrogen-bond acceptors (Lipinski definition) is 24. The first-order chi connectivity index (χ1) is 41.2. The van der Waals surface area contributed by atoms with Crippen LogP contribution in [-0.4, -0.2) is 299 Å². The first-order valence-electron chi connectivity index (χ1n) is 32.0. The van der Waals surface area contributed by atoms with E-state index in [0.717, 1.165) is 64.2 Å². The van der Waals surface area contributed by atoms with Crippen LogP contribution < -0.4 is 0 Å². The number of hydrogen-bond donors (Lipinski definition) is 9. The van der Waals surface area contributed by atoms with Gasteiger partial charge in [0.1, 0.15) is 6.10 Å². The fourth-order valence-electron chi connectivity index (χ4n) is 5.75. The predicted octanol–water partition coefficient (Wildman–Crippen LogP) is 4.06. The summed E-state index contributed by atoms with van der Waals surface area (Å²) in [6, 6.07) is 0. The molecule has 0 amide bonds. The minimum absolute atomic E-state index is 0.142. The van der Waals surface area contributed by atoms with Crippen LogP contribution in [0.4, 0.5) is 0 Å². The number of aliphatic hydroxyl groups is 9. The van der Waals surface area contributed by atoms with Crippen molar-refractivity contribution in [3.63, 3.8) is 0 Å². The molecule has 0 bridgehead atoms. The zero-order chi connectivity index (χ0) is 63.9. The van der Waals surface area contributed by atoms with Crippen LogP contribution in [0.15, 0.2) is 0 Å². The molecule has 0 radical (unpaired) electrons. The van der Waals surface area contributed by atoms with Crippen LogP contribution >= 0.6 is 0 Å². The third-order valence-corrected chi connectivity index (χ3v) is 11.8. The lowest BCUT2D eigenvalue weighted by atomic mass is 10.3. The molecule has 0 saturated heterocycles. The van der Waals surface area contributed by atoms with E-state index in [4.69, 9.17) is 81.3 Å². The van der Waals surface area contributed by atoms with E-state index >= 15 is 0 Å². The molecule has 24 heteroatoms. The van der Waals surface area contributed by atoms with E-state index in [2.05, 4.69) is 0 Å². The lowest BCUT2D eigenvalue weighted by molar-refractivity contribution is -0.0513. The van der Waals surface area contributed by atoms with Crippen molar-refractivity contribution in [1.82, 2.24) is 0 Å². The molecule has 0 aromatic carbocycles. The second kappa shape index (κ2) is 77.3. The Balaban J connectivity index is -0.000000528. The van der Waals surface area contributed by atoms with Crippen LogP contribution in [0.25, 0.3) is 0 Å². The van der Waals surface area contributed by atoms with Crippen LogP contribution in [0.3, 0.4) is 0 Å². The van der Waals surface area contributed by atoms with Crippen molar-refractivity contribution >= 4 is 0 Å². The van der Waals surface area contributed by atoms with Crippen LogP contribution in [0.1, 0.15) is 145 Å². The van der Waals surface area contributed by atoms with Crippen molar-refractivity contribution < 1.29 is 117 Å². The summed E-state index contributed by atoms with van der Waals surface area (Å²) in [5.74, 6) is 0. The van der Waals surface area contributed by atoms with Crippen molar-refractivity contribution in [2.45, 2.75) is 200 Å². The van der Waals surface area contributed by atoms with Crippen LogP contribution in [-0.2, 0) is 71.1 Å². The van der Waals surface area contributed by atoms with Gasteiger partial charge < -0.3 is 117 Å². The van der Waals surface area contributed by atoms with E-state index in [-0.39, 0.29) is 56.4 Å². The van der Waals surface area contributed by atoms with E-state index in [9.17, 15) is 35.7 Å². The van der Waals surface area contributed by atoms with Crippen molar-refractivity contribution in [2.24, 2.45) is 0 Å². The molecule has 0 aromatic rings. The molecule has 0 aliphatic rings. The fraction of sp³-hybridized carbons (Fsp3) is 1.00. The Bertz CT molecular complexity index is 1120. The molecule has 0 saturated carbocycles. The molecule has 518 valence electrons. The highest BCUT2D eigenvalue weighted by Gasteiger charge is 2.09. The lowest BCUT2D eigenvalue weighted by Crippen LogP contribution is -2.25. The van der Waals surface area contributed by atoms with Crippen LogP contribution in [0, 0.1) is 0 Å². The number of ether oxygens (including phenoxy) is 15. The van der Waals surface area contributed by atoms with E-state index in [1.165, 1.54) is 0 Å². The normalized spacial score (nSPS) is 14.6. The van der Waals surface area contributed by atoms with Crippen molar-refractivity contribution in [3.05, 3.63) is 0 Å². The lowest BCUT2D eigenvalue weighted by Gasteiger charge is -2.13. The van der Waals surface area contributed by atoms with Gasteiger partial charge >= 0.3 is 0 Å². The zero-order valence-electron chi connectivity index (χ0n) is 54.5. The highest BCUT2D eigenvalue weighted by Crippen LogP contribution is 2.00. The summed E-state index contributed by atoms with van der Waals surface area (Å²) in [5, 5.41) is 83.6. The first kappa shape index (κ1) is 90.5. The maximum absolute atomic E-state index is 9.61. The summed E-state index contributed by atoms with van der Waals surface area (Å²) >= 11 is 0. The summed E-state index contributed by atoms with van der Waals surface area (Å²) in [6.45, 7) is 30.1. The van der Waals surface area contributed by atoms with Crippen LogP contribution in [0.5, 0.6) is 0 Å². The molecule has 0 fully saturated rings. The molecule has 85 heavy (non-hydrogen) atoms. The Kier molecular flexibility index (Phi) is 82.2. The maximum atomic E-state index is 9.61. The molecule has 0 spiro atoms. The molecule has 9 atom stereocenters. The molecule has 0 aliphatic heterocycles. The highest BCUT2D eigenvalue weighted by molar-refractivity contribution is 4.56. The van der Waals surface area contributed by atoms with Crippen LogP contribution in [0.2, 0.25) is 0 Å². The number of aliphatic hydroxyl groups excluding tert-OH is 9. The third kappa shape index (κ3) is 83.0. The number of rotatable bonds is 64.